The van der Waals surface area contributed by atoms with Crippen LogP contribution in [0.4, 0.5) is 5.69 Å². The van der Waals surface area contributed by atoms with Crippen LogP contribution in [0.3, 0.4) is 0 Å². The molecule has 1 aromatic carbocycles. The summed E-state index contributed by atoms with van der Waals surface area (Å²) in [6.45, 7) is 3.91. The molecule has 3 rings (SSSR count). The SMILES string of the molecule is Cc1cccc(N2N=C(C(=O)N[C@@H](C)CCc3ccco3)CCC2=O)c1. The van der Waals surface area contributed by atoms with Gasteiger partial charge in [-0.1, -0.05) is 12.1 Å². The average Bonchev–Trinajstić information content (AvgIpc) is 3.14. The molecule has 1 aliphatic heterocycles. The van der Waals surface area contributed by atoms with Gasteiger partial charge in [0.25, 0.3) is 5.91 Å². The third kappa shape index (κ3) is 4.39. The lowest BCUT2D eigenvalue weighted by Gasteiger charge is -2.24. The summed E-state index contributed by atoms with van der Waals surface area (Å²) < 4.78 is 5.31. The molecule has 6 nitrogen and oxygen atoms in total. The van der Waals surface area contributed by atoms with Crippen molar-refractivity contribution < 1.29 is 14.0 Å². The molecule has 1 aliphatic rings. The van der Waals surface area contributed by atoms with Gasteiger partial charge in [-0.2, -0.15) is 5.10 Å². The lowest BCUT2D eigenvalue weighted by Crippen LogP contribution is -2.42. The monoisotopic (exact) mass is 353 g/mol. The molecule has 26 heavy (non-hydrogen) atoms. The number of hydrazone groups is 1. The van der Waals surface area contributed by atoms with Crippen LogP contribution in [0.15, 0.2) is 52.2 Å². The van der Waals surface area contributed by atoms with Gasteiger partial charge in [0.15, 0.2) is 0 Å². The van der Waals surface area contributed by atoms with Crippen molar-refractivity contribution in [3.63, 3.8) is 0 Å². The predicted octanol–water partition coefficient (Wildman–Crippen LogP) is 3.21. The molecular formula is C20H23N3O3. The minimum Gasteiger partial charge on any atom is -0.469 e. The molecule has 1 atom stereocenters. The van der Waals surface area contributed by atoms with Gasteiger partial charge in [0, 0.05) is 25.3 Å². The summed E-state index contributed by atoms with van der Waals surface area (Å²) in [5, 5.41) is 8.60. The number of rotatable bonds is 6. The highest BCUT2D eigenvalue weighted by molar-refractivity contribution is 6.40. The Morgan fingerprint density at radius 3 is 2.88 bits per heavy atom. The Morgan fingerprint density at radius 2 is 2.15 bits per heavy atom. The van der Waals surface area contributed by atoms with Gasteiger partial charge in [-0.05, 0) is 50.1 Å². The van der Waals surface area contributed by atoms with E-state index in [4.69, 9.17) is 4.42 Å². The Morgan fingerprint density at radius 1 is 1.31 bits per heavy atom. The molecule has 0 radical (unpaired) electrons. The van der Waals surface area contributed by atoms with Gasteiger partial charge in [-0.15, -0.1) is 0 Å². The second-order valence-corrected chi connectivity index (χ2v) is 6.58. The molecule has 2 heterocycles. The zero-order chi connectivity index (χ0) is 18.5. The van der Waals surface area contributed by atoms with Gasteiger partial charge in [-0.3, -0.25) is 9.59 Å². The molecule has 0 unspecified atom stereocenters. The van der Waals surface area contributed by atoms with Crippen LogP contribution in [0.5, 0.6) is 0 Å². The van der Waals surface area contributed by atoms with E-state index in [-0.39, 0.29) is 24.3 Å². The molecule has 2 amide bonds. The van der Waals surface area contributed by atoms with Crippen molar-refractivity contribution in [2.75, 3.05) is 5.01 Å². The molecule has 0 saturated carbocycles. The van der Waals surface area contributed by atoms with Crippen LogP contribution in [0.25, 0.3) is 0 Å². The number of nitrogens with zero attached hydrogens (tertiary/aromatic N) is 2. The Balaban J connectivity index is 1.64. The fraction of sp³-hybridized carbons (Fsp3) is 0.350. The van der Waals surface area contributed by atoms with E-state index in [0.717, 1.165) is 24.2 Å². The van der Waals surface area contributed by atoms with Crippen molar-refractivity contribution in [2.45, 2.75) is 45.6 Å². The first-order valence-electron chi connectivity index (χ1n) is 8.83. The minimum atomic E-state index is -0.220. The number of benzene rings is 1. The van der Waals surface area contributed by atoms with Crippen molar-refractivity contribution >= 4 is 23.2 Å². The Hall–Kier alpha value is -2.89. The highest BCUT2D eigenvalue weighted by Crippen LogP contribution is 2.21. The van der Waals surface area contributed by atoms with Crippen LogP contribution in [0.1, 0.15) is 37.5 Å². The zero-order valence-corrected chi connectivity index (χ0v) is 15.1. The fourth-order valence-corrected chi connectivity index (χ4v) is 2.87. The normalized spacial score (nSPS) is 15.5. The largest absolute Gasteiger partial charge is 0.469 e. The Kier molecular flexibility index (Phi) is 5.51. The molecule has 136 valence electrons. The molecule has 0 spiro atoms. The third-order valence-electron chi connectivity index (χ3n) is 4.32. The van der Waals surface area contributed by atoms with Crippen molar-refractivity contribution in [3.05, 3.63) is 54.0 Å². The van der Waals surface area contributed by atoms with E-state index in [1.165, 1.54) is 5.01 Å². The van der Waals surface area contributed by atoms with Crippen LogP contribution in [-0.2, 0) is 16.0 Å². The Bertz CT molecular complexity index is 811. The summed E-state index contributed by atoms with van der Waals surface area (Å²) in [4.78, 5) is 24.7. The quantitative estimate of drug-likeness (QED) is 0.866. The van der Waals surface area contributed by atoms with Crippen LogP contribution in [0, 0.1) is 6.92 Å². The number of furan rings is 1. The summed E-state index contributed by atoms with van der Waals surface area (Å²) in [6, 6.07) is 11.3. The van der Waals surface area contributed by atoms with Crippen LogP contribution in [-0.4, -0.2) is 23.6 Å². The van der Waals surface area contributed by atoms with Crippen molar-refractivity contribution in [2.24, 2.45) is 5.10 Å². The summed E-state index contributed by atoms with van der Waals surface area (Å²) >= 11 is 0. The first-order valence-corrected chi connectivity index (χ1v) is 8.83. The van der Waals surface area contributed by atoms with E-state index in [0.29, 0.717) is 17.8 Å². The molecule has 2 aromatic rings. The van der Waals surface area contributed by atoms with Crippen molar-refractivity contribution in [3.8, 4) is 0 Å². The fourth-order valence-electron chi connectivity index (χ4n) is 2.87. The first kappa shape index (κ1) is 17.9. The second-order valence-electron chi connectivity index (χ2n) is 6.58. The van der Waals surface area contributed by atoms with Crippen LogP contribution < -0.4 is 10.3 Å². The van der Waals surface area contributed by atoms with E-state index < -0.39 is 0 Å². The molecule has 1 aromatic heterocycles. The van der Waals surface area contributed by atoms with Gasteiger partial charge in [0.05, 0.1) is 12.0 Å². The van der Waals surface area contributed by atoms with E-state index in [2.05, 4.69) is 10.4 Å². The van der Waals surface area contributed by atoms with E-state index in [1.54, 1.807) is 6.26 Å². The van der Waals surface area contributed by atoms with E-state index in [9.17, 15) is 9.59 Å². The molecule has 0 bridgehead atoms. The Labute approximate surface area is 152 Å². The maximum absolute atomic E-state index is 12.5. The van der Waals surface area contributed by atoms with Gasteiger partial charge in [-0.25, -0.2) is 5.01 Å². The summed E-state index contributed by atoms with van der Waals surface area (Å²) in [7, 11) is 0. The zero-order valence-electron chi connectivity index (χ0n) is 15.1. The van der Waals surface area contributed by atoms with Gasteiger partial charge in [0.2, 0.25) is 5.91 Å². The highest BCUT2D eigenvalue weighted by atomic mass is 16.3. The highest BCUT2D eigenvalue weighted by Gasteiger charge is 2.26. The van der Waals surface area contributed by atoms with Gasteiger partial charge in [0.1, 0.15) is 11.5 Å². The van der Waals surface area contributed by atoms with Crippen molar-refractivity contribution in [1.29, 1.82) is 0 Å². The molecule has 0 aliphatic carbocycles. The number of hydrogen-bond acceptors (Lipinski definition) is 4. The third-order valence-corrected chi connectivity index (χ3v) is 4.32. The maximum Gasteiger partial charge on any atom is 0.267 e. The standard InChI is InChI=1S/C20H23N3O3/c1-14-5-3-6-16(13-14)23-19(24)11-10-18(22-23)20(25)21-15(2)8-9-17-7-4-12-26-17/h3-7,12-13,15H,8-11H2,1-2H3,(H,21,25)/t15-/m0/s1. The molecule has 6 heteroatoms. The van der Waals surface area contributed by atoms with E-state index in [1.807, 2.05) is 50.2 Å². The molecular weight excluding hydrogens is 330 g/mol. The number of nitrogens with one attached hydrogen (secondary N) is 1. The number of amides is 2. The predicted molar refractivity (Wildman–Crippen MR) is 100.0 cm³/mol. The number of aryl methyl sites for hydroxylation is 2. The first-order chi connectivity index (χ1) is 12.5. The number of carbonyl (C=O) groups is 2. The number of anilines is 1. The van der Waals surface area contributed by atoms with Crippen LogP contribution in [0.2, 0.25) is 0 Å². The smallest absolute Gasteiger partial charge is 0.267 e. The number of hydrogen-bond donors (Lipinski definition) is 1. The van der Waals surface area contributed by atoms with Crippen molar-refractivity contribution in [1.82, 2.24) is 5.32 Å². The van der Waals surface area contributed by atoms with Gasteiger partial charge >= 0.3 is 0 Å². The minimum absolute atomic E-state index is 0.0136. The summed E-state index contributed by atoms with van der Waals surface area (Å²) in [6.07, 6.45) is 3.81. The van der Waals surface area contributed by atoms with Gasteiger partial charge < -0.3 is 9.73 Å². The molecule has 1 N–H and O–H groups in total. The average molecular weight is 353 g/mol. The van der Waals surface area contributed by atoms with E-state index >= 15 is 0 Å². The molecule has 0 fully saturated rings. The molecule has 0 saturated heterocycles. The topological polar surface area (TPSA) is 74.9 Å². The second kappa shape index (κ2) is 7.99. The number of carbonyl (C=O) groups excluding carboxylic acids is 2. The summed E-state index contributed by atoms with van der Waals surface area (Å²) in [5.41, 5.74) is 2.11. The summed E-state index contributed by atoms with van der Waals surface area (Å²) in [5.74, 6) is 0.581. The maximum atomic E-state index is 12.5. The van der Waals surface area contributed by atoms with Crippen LogP contribution >= 0.6 is 0 Å². The lowest BCUT2D eigenvalue weighted by atomic mass is 10.1. The lowest BCUT2D eigenvalue weighted by molar-refractivity contribution is -0.119.